The molecule has 7 heteroatoms. The first kappa shape index (κ1) is 16.7. The largest absolute Gasteiger partial charge is 0.346 e. The van der Waals surface area contributed by atoms with Gasteiger partial charge in [0.05, 0.1) is 5.69 Å². The highest BCUT2D eigenvalue weighted by Crippen LogP contribution is 2.39. The second-order valence-corrected chi connectivity index (χ2v) is 8.07. The van der Waals surface area contributed by atoms with Crippen molar-refractivity contribution in [2.75, 3.05) is 18.0 Å². The highest BCUT2D eigenvalue weighted by atomic mass is 16.2. The molecule has 1 unspecified atom stereocenters. The van der Waals surface area contributed by atoms with E-state index in [1.807, 2.05) is 19.3 Å². The van der Waals surface area contributed by atoms with Gasteiger partial charge in [0.2, 0.25) is 5.95 Å². The van der Waals surface area contributed by atoms with Gasteiger partial charge < -0.3 is 10.2 Å². The van der Waals surface area contributed by atoms with Crippen molar-refractivity contribution < 1.29 is 4.79 Å². The van der Waals surface area contributed by atoms with Gasteiger partial charge in [0.25, 0.3) is 5.91 Å². The molecular weight excluding hydrogens is 340 g/mol. The van der Waals surface area contributed by atoms with Crippen molar-refractivity contribution in [1.82, 2.24) is 25.1 Å². The van der Waals surface area contributed by atoms with Crippen molar-refractivity contribution >= 4 is 11.9 Å². The summed E-state index contributed by atoms with van der Waals surface area (Å²) in [5, 5.41) is 7.79. The number of aryl methyl sites for hydroxylation is 2. The number of hydrogen-bond acceptors (Lipinski definition) is 5. The van der Waals surface area contributed by atoms with Crippen LogP contribution < -0.4 is 10.2 Å². The summed E-state index contributed by atoms with van der Waals surface area (Å²) >= 11 is 0. The number of anilines is 1. The molecule has 0 aromatic carbocycles. The van der Waals surface area contributed by atoms with Crippen LogP contribution in [0, 0.1) is 0 Å². The predicted octanol–water partition coefficient (Wildman–Crippen LogP) is 1.97. The summed E-state index contributed by atoms with van der Waals surface area (Å²) in [5.74, 6) is 1.43. The van der Waals surface area contributed by atoms with Crippen molar-refractivity contribution in [1.29, 1.82) is 0 Å². The smallest absolute Gasteiger partial charge is 0.270 e. The molecule has 27 heavy (non-hydrogen) atoms. The van der Waals surface area contributed by atoms with Crippen molar-refractivity contribution in [2.24, 2.45) is 7.05 Å². The molecule has 1 atom stereocenters. The lowest BCUT2D eigenvalue weighted by molar-refractivity contribution is 0.0929. The van der Waals surface area contributed by atoms with Crippen LogP contribution in [0.1, 0.15) is 65.5 Å². The van der Waals surface area contributed by atoms with Crippen LogP contribution in [-0.2, 0) is 19.9 Å². The molecule has 1 saturated carbocycles. The first-order chi connectivity index (χ1) is 13.2. The van der Waals surface area contributed by atoms with E-state index in [9.17, 15) is 4.79 Å². The minimum atomic E-state index is 0.00708. The molecule has 2 fully saturated rings. The van der Waals surface area contributed by atoms with E-state index < -0.39 is 0 Å². The SMILES string of the molecule is Cn1nc2c(c1C(=O)NC1CCN(c3nccc(C4CC4)n3)C1)CCCC2. The standard InChI is InChI=1S/C20H26N6O/c1-25-18(15-4-2-3-5-17(15)24-25)19(27)22-14-9-11-26(12-14)20-21-10-8-16(23-20)13-6-7-13/h8,10,13-14H,2-7,9,11-12H2,1H3,(H,22,27). The number of carbonyl (C=O) groups excluding carboxylic acids is 1. The lowest BCUT2D eigenvalue weighted by Gasteiger charge is -2.18. The van der Waals surface area contributed by atoms with Crippen molar-refractivity contribution in [3.05, 3.63) is 34.9 Å². The molecule has 0 radical (unpaired) electrons. The van der Waals surface area contributed by atoms with Crippen LogP contribution in [0.25, 0.3) is 0 Å². The van der Waals surface area contributed by atoms with Crippen molar-refractivity contribution in [3.8, 4) is 0 Å². The summed E-state index contributed by atoms with van der Waals surface area (Å²) in [6.45, 7) is 1.64. The highest BCUT2D eigenvalue weighted by Gasteiger charge is 2.30. The Bertz CT molecular complexity index is 871. The van der Waals surface area contributed by atoms with Gasteiger partial charge in [-0.2, -0.15) is 5.10 Å². The number of nitrogens with one attached hydrogen (secondary N) is 1. The van der Waals surface area contributed by atoms with E-state index in [2.05, 4.69) is 20.3 Å². The van der Waals surface area contributed by atoms with Crippen LogP contribution in [-0.4, -0.2) is 44.8 Å². The van der Waals surface area contributed by atoms with Crippen LogP contribution in [0.5, 0.6) is 0 Å². The Morgan fingerprint density at radius 1 is 1.22 bits per heavy atom. The van der Waals surface area contributed by atoms with Crippen LogP contribution in [0.2, 0.25) is 0 Å². The molecule has 1 aliphatic heterocycles. The Labute approximate surface area is 159 Å². The highest BCUT2D eigenvalue weighted by molar-refractivity contribution is 5.94. The van der Waals surface area contributed by atoms with E-state index in [-0.39, 0.29) is 11.9 Å². The van der Waals surface area contributed by atoms with Gasteiger partial charge in [-0.15, -0.1) is 0 Å². The number of carbonyl (C=O) groups is 1. The van der Waals surface area contributed by atoms with E-state index in [0.29, 0.717) is 5.92 Å². The second kappa shape index (κ2) is 6.62. The summed E-state index contributed by atoms with van der Waals surface area (Å²) in [6.07, 6.45) is 9.53. The summed E-state index contributed by atoms with van der Waals surface area (Å²) in [7, 11) is 1.88. The average Bonchev–Trinajstić information content (AvgIpc) is 3.33. The Balaban J connectivity index is 1.27. The monoisotopic (exact) mass is 366 g/mol. The topological polar surface area (TPSA) is 75.9 Å². The van der Waals surface area contributed by atoms with Crippen LogP contribution in [0.4, 0.5) is 5.95 Å². The van der Waals surface area contributed by atoms with E-state index in [4.69, 9.17) is 4.98 Å². The third kappa shape index (κ3) is 3.19. The van der Waals surface area contributed by atoms with Gasteiger partial charge in [-0.05, 0) is 51.0 Å². The summed E-state index contributed by atoms with van der Waals surface area (Å²) in [4.78, 5) is 24.3. The Hall–Kier alpha value is -2.44. The predicted molar refractivity (Wildman–Crippen MR) is 102 cm³/mol. The fraction of sp³-hybridized carbons (Fsp3) is 0.600. The fourth-order valence-corrected chi connectivity index (χ4v) is 4.40. The molecule has 0 spiro atoms. The number of rotatable bonds is 4. The molecule has 5 rings (SSSR count). The minimum absolute atomic E-state index is 0.00708. The zero-order chi connectivity index (χ0) is 18.4. The molecule has 3 heterocycles. The third-order valence-corrected chi connectivity index (χ3v) is 6.00. The van der Waals surface area contributed by atoms with E-state index in [1.54, 1.807) is 4.68 Å². The molecule has 1 N–H and O–H groups in total. The van der Waals surface area contributed by atoms with Gasteiger partial charge in [-0.1, -0.05) is 0 Å². The molecule has 3 aliphatic rings. The quantitative estimate of drug-likeness (QED) is 0.895. The Morgan fingerprint density at radius 2 is 2.07 bits per heavy atom. The first-order valence-electron chi connectivity index (χ1n) is 10.1. The Morgan fingerprint density at radius 3 is 2.93 bits per heavy atom. The molecular formula is C20H26N6O. The normalized spacial score (nSPS) is 22.0. The van der Waals surface area contributed by atoms with Crippen molar-refractivity contribution in [3.63, 3.8) is 0 Å². The molecule has 7 nitrogen and oxygen atoms in total. The molecule has 2 aliphatic carbocycles. The summed E-state index contributed by atoms with van der Waals surface area (Å²) < 4.78 is 1.76. The lowest BCUT2D eigenvalue weighted by atomic mass is 9.95. The molecule has 2 aromatic rings. The maximum atomic E-state index is 12.9. The van der Waals surface area contributed by atoms with Gasteiger partial charge in [-0.25, -0.2) is 9.97 Å². The van der Waals surface area contributed by atoms with Gasteiger partial charge in [-0.3, -0.25) is 9.48 Å². The molecule has 0 bridgehead atoms. The van der Waals surface area contributed by atoms with Gasteiger partial charge in [0, 0.05) is 49.6 Å². The number of nitrogens with zero attached hydrogens (tertiary/aromatic N) is 5. The molecule has 1 saturated heterocycles. The fourth-order valence-electron chi connectivity index (χ4n) is 4.40. The van der Waals surface area contributed by atoms with Crippen molar-refractivity contribution in [2.45, 2.75) is 56.9 Å². The van der Waals surface area contributed by atoms with Crippen LogP contribution >= 0.6 is 0 Å². The maximum absolute atomic E-state index is 12.9. The third-order valence-electron chi connectivity index (χ3n) is 6.00. The lowest BCUT2D eigenvalue weighted by Crippen LogP contribution is -2.38. The van der Waals surface area contributed by atoms with Gasteiger partial charge in [0.1, 0.15) is 5.69 Å². The maximum Gasteiger partial charge on any atom is 0.270 e. The number of aromatic nitrogens is 4. The van der Waals surface area contributed by atoms with Crippen LogP contribution in [0.15, 0.2) is 12.3 Å². The molecule has 142 valence electrons. The average molecular weight is 366 g/mol. The molecule has 2 aromatic heterocycles. The van der Waals surface area contributed by atoms with Gasteiger partial charge in [0.15, 0.2) is 0 Å². The number of hydrogen-bond donors (Lipinski definition) is 1. The summed E-state index contributed by atoms with van der Waals surface area (Å²) in [6, 6.07) is 2.15. The zero-order valence-electron chi connectivity index (χ0n) is 15.8. The van der Waals surface area contributed by atoms with E-state index >= 15 is 0 Å². The summed E-state index contributed by atoms with van der Waals surface area (Å²) in [5.41, 5.74) is 4.16. The van der Waals surface area contributed by atoms with E-state index in [0.717, 1.165) is 67.4 Å². The number of amides is 1. The number of fused-ring (bicyclic) bond motifs is 1. The zero-order valence-corrected chi connectivity index (χ0v) is 15.8. The minimum Gasteiger partial charge on any atom is -0.346 e. The molecule has 1 amide bonds. The van der Waals surface area contributed by atoms with Gasteiger partial charge >= 0.3 is 0 Å². The second-order valence-electron chi connectivity index (χ2n) is 8.07. The van der Waals surface area contributed by atoms with Crippen LogP contribution in [0.3, 0.4) is 0 Å². The Kier molecular flexibility index (Phi) is 4.10. The van der Waals surface area contributed by atoms with E-state index in [1.165, 1.54) is 19.3 Å². The first-order valence-corrected chi connectivity index (χ1v) is 10.1.